The summed E-state index contributed by atoms with van der Waals surface area (Å²) in [4.78, 5) is 11.3. The van der Waals surface area contributed by atoms with Crippen molar-refractivity contribution in [3.8, 4) is 0 Å². The third kappa shape index (κ3) is 4.05. The quantitative estimate of drug-likeness (QED) is 0.515. The number of hydrogen-bond donors (Lipinski definition) is 3. The van der Waals surface area contributed by atoms with Crippen LogP contribution in [-0.4, -0.2) is 50.4 Å². The Kier molecular flexibility index (Phi) is 4.72. The molecule has 0 fully saturated rings. The average molecular weight is 214 g/mol. The topological polar surface area (TPSA) is 100 Å². The highest BCUT2D eigenvalue weighted by atomic mass is 16.3. The molecule has 3 N–H and O–H groups in total. The summed E-state index contributed by atoms with van der Waals surface area (Å²) in [6, 6.07) is -0.590. The molecule has 1 amide bonds. The lowest BCUT2D eigenvalue weighted by molar-refractivity contribution is -0.122. The number of carbonyl (C=O) groups is 1. The van der Waals surface area contributed by atoms with Crippen molar-refractivity contribution in [2.75, 3.05) is 13.2 Å². The molecule has 15 heavy (non-hydrogen) atoms. The van der Waals surface area contributed by atoms with Crippen molar-refractivity contribution in [3.63, 3.8) is 0 Å². The van der Waals surface area contributed by atoms with E-state index in [9.17, 15) is 4.79 Å². The van der Waals surface area contributed by atoms with Gasteiger partial charge in [-0.2, -0.15) is 0 Å². The number of nitrogens with one attached hydrogen (secondary N) is 1. The molecular weight excluding hydrogens is 200 g/mol. The smallest absolute Gasteiger partial charge is 0.222 e. The van der Waals surface area contributed by atoms with Crippen molar-refractivity contribution in [3.05, 3.63) is 12.4 Å². The van der Waals surface area contributed by atoms with E-state index < -0.39 is 6.04 Å². The molecule has 7 heteroatoms. The predicted molar refractivity (Wildman–Crippen MR) is 50.7 cm³/mol. The van der Waals surface area contributed by atoms with Gasteiger partial charge in [0.1, 0.15) is 0 Å². The first-order valence-electron chi connectivity index (χ1n) is 4.61. The van der Waals surface area contributed by atoms with Crippen LogP contribution in [0.25, 0.3) is 0 Å². The van der Waals surface area contributed by atoms with Gasteiger partial charge >= 0.3 is 0 Å². The molecule has 0 unspecified atom stereocenters. The highest BCUT2D eigenvalue weighted by Gasteiger charge is 2.09. The van der Waals surface area contributed by atoms with E-state index in [1.807, 2.05) is 0 Å². The second-order valence-electron chi connectivity index (χ2n) is 3.05. The minimum absolute atomic E-state index is 0.236. The molecule has 0 atom stereocenters. The molecule has 0 bridgehead atoms. The third-order valence-corrected chi connectivity index (χ3v) is 1.85. The highest BCUT2D eigenvalue weighted by Crippen LogP contribution is 1.89. The van der Waals surface area contributed by atoms with Crippen LogP contribution in [0.15, 0.2) is 12.4 Å². The van der Waals surface area contributed by atoms with Crippen LogP contribution < -0.4 is 5.32 Å². The first kappa shape index (κ1) is 11.6. The van der Waals surface area contributed by atoms with Crippen LogP contribution >= 0.6 is 0 Å². The lowest BCUT2D eigenvalue weighted by Gasteiger charge is -2.12. The Balaban J connectivity index is 2.24. The van der Waals surface area contributed by atoms with Gasteiger partial charge in [0, 0.05) is 12.6 Å². The van der Waals surface area contributed by atoms with Gasteiger partial charge in [-0.05, 0) is 0 Å². The molecule has 0 aliphatic rings. The highest BCUT2D eigenvalue weighted by molar-refractivity contribution is 5.76. The molecule has 0 aromatic carbocycles. The van der Waals surface area contributed by atoms with E-state index in [0.29, 0.717) is 6.54 Å². The van der Waals surface area contributed by atoms with Gasteiger partial charge in [-0.1, -0.05) is 5.21 Å². The number of amides is 1. The van der Waals surface area contributed by atoms with Crippen LogP contribution in [0.2, 0.25) is 0 Å². The van der Waals surface area contributed by atoms with E-state index in [0.717, 1.165) is 0 Å². The first-order valence-corrected chi connectivity index (χ1v) is 4.61. The monoisotopic (exact) mass is 214 g/mol. The Morgan fingerprint density at radius 1 is 1.47 bits per heavy atom. The van der Waals surface area contributed by atoms with E-state index in [1.165, 1.54) is 10.9 Å². The molecular formula is C8H14N4O3. The van der Waals surface area contributed by atoms with Crippen molar-refractivity contribution < 1.29 is 15.0 Å². The predicted octanol–water partition coefficient (Wildman–Crippen LogP) is -1.86. The van der Waals surface area contributed by atoms with Gasteiger partial charge in [-0.3, -0.25) is 9.48 Å². The van der Waals surface area contributed by atoms with Crippen LogP contribution in [0.5, 0.6) is 0 Å². The maximum atomic E-state index is 11.3. The zero-order valence-corrected chi connectivity index (χ0v) is 8.20. The number of aliphatic hydroxyl groups is 2. The molecule has 0 saturated carbocycles. The fourth-order valence-corrected chi connectivity index (χ4v) is 1.02. The summed E-state index contributed by atoms with van der Waals surface area (Å²) in [5.41, 5.74) is 0. The van der Waals surface area contributed by atoms with Gasteiger partial charge in [0.25, 0.3) is 0 Å². The van der Waals surface area contributed by atoms with Gasteiger partial charge < -0.3 is 15.5 Å². The van der Waals surface area contributed by atoms with Crippen LogP contribution in [-0.2, 0) is 11.3 Å². The molecule has 1 aromatic rings. The Morgan fingerprint density at radius 3 is 2.73 bits per heavy atom. The molecule has 1 rings (SSSR count). The lowest BCUT2D eigenvalue weighted by Crippen LogP contribution is -2.40. The van der Waals surface area contributed by atoms with Crippen molar-refractivity contribution in [1.82, 2.24) is 20.3 Å². The number of aliphatic hydroxyl groups excluding tert-OH is 2. The SMILES string of the molecule is O=C(CCn1ccnn1)NC(CO)CO. The fraction of sp³-hybridized carbons (Fsp3) is 0.625. The Labute approximate surface area is 86.7 Å². The Hall–Kier alpha value is -1.47. The number of nitrogens with zero attached hydrogens (tertiary/aromatic N) is 3. The zero-order valence-electron chi connectivity index (χ0n) is 8.20. The third-order valence-electron chi connectivity index (χ3n) is 1.85. The van der Waals surface area contributed by atoms with Crippen LogP contribution in [0, 0.1) is 0 Å². The van der Waals surface area contributed by atoms with Crippen molar-refractivity contribution in [1.29, 1.82) is 0 Å². The summed E-state index contributed by atoms with van der Waals surface area (Å²) >= 11 is 0. The number of carbonyl (C=O) groups excluding carboxylic acids is 1. The summed E-state index contributed by atoms with van der Waals surface area (Å²) in [7, 11) is 0. The average Bonchev–Trinajstić information content (AvgIpc) is 2.75. The van der Waals surface area contributed by atoms with Crippen LogP contribution in [0.3, 0.4) is 0 Å². The normalized spacial score (nSPS) is 10.6. The maximum absolute atomic E-state index is 11.3. The Morgan fingerprint density at radius 2 is 2.20 bits per heavy atom. The van der Waals surface area contributed by atoms with Gasteiger partial charge in [0.05, 0.1) is 32.0 Å². The summed E-state index contributed by atoms with van der Waals surface area (Å²) < 4.78 is 1.53. The van der Waals surface area contributed by atoms with E-state index in [2.05, 4.69) is 15.6 Å². The fourth-order valence-electron chi connectivity index (χ4n) is 1.02. The summed E-state index contributed by atoms with van der Waals surface area (Å²) in [5, 5.41) is 27.2. The molecule has 1 heterocycles. The first-order chi connectivity index (χ1) is 7.26. The second-order valence-corrected chi connectivity index (χ2v) is 3.05. The molecule has 0 saturated heterocycles. The molecule has 0 aliphatic carbocycles. The van der Waals surface area contributed by atoms with Gasteiger partial charge in [-0.25, -0.2) is 0 Å². The Bertz CT molecular complexity index is 284. The van der Waals surface area contributed by atoms with Gasteiger partial charge in [-0.15, -0.1) is 5.10 Å². The second kappa shape index (κ2) is 6.10. The standard InChI is InChI=1S/C8H14N4O3/c13-5-7(6-14)10-8(15)1-3-12-4-2-9-11-12/h2,4,7,13-14H,1,3,5-6H2,(H,10,15). The molecule has 0 radical (unpaired) electrons. The van der Waals surface area contributed by atoms with E-state index in [-0.39, 0.29) is 25.5 Å². The largest absolute Gasteiger partial charge is 0.394 e. The molecule has 1 aromatic heterocycles. The minimum atomic E-state index is -0.590. The molecule has 7 nitrogen and oxygen atoms in total. The van der Waals surface area contributed by atoms with Crippen molar-refractivity contribution >= 4 is 5.91 Å². The molecule has 0 spiro atoms. The van der Waals surface area contributed by atoms with E-state index in [1.54, 1.807) is 6.20 Å². The number of aryl methyl sites for hydroxylation is 1. The van der Waals surface area contributed by atoms with Crippen LogP contribution in [0.4, 0.5) is 0 Å². The summed E-state index contributed by atoms with van der Waals surface area (Å²) in [5.74, 6) is -0.237. The van der Waals surface area contributed by atoms with Crippen molar-refractivity contribution in [2.24, 2.45) is 0 Å². The van der Waals surface area contributed by atoms with Crippen molar-refractivity contribution in [2.45, 2.75) is 19.0 Å². The number of aromatic nitrogens is 3. The summed E-state index contributed by atoms with van der Waals surface area (Å²) in [6.07, 6.45) is 3.42. The zero-order chi connectivity index (χ0) is 11.1. The number of rotatable bonds is 6. The van der Waals surface area contributed by atoms with Gasteiger partial charge in [0.15, 0.2) is 0 Å². The minimum Gasteiger partial charge on any atom is -0.394 e. The van der Waals surface area contributed by atoms with Crippen LogP contribution in [0.1, 0.15) is 6.42 Å². The molecule has 0 aliphatic heterocycles. The lowest BCUT2D eigenvalue weighted by atomic mass is 10.3. The van der Waals surface area contributed by atoms with E-state index in [4.69, 9.17) is 10.2 Å². The number of hydrogen-bond acceptors (Lipinski definition) is 5. The maximum Gasteiger partial charge on any atom is 0.222 e. The van der Waals surface area contributed by atoms with Gasteiger partial charge in [0.2, 0.25) is 5.91 Å². The summed E-state index contributed by atoms with van der Waals surface area (Å²) in [6.45, 7) is -0.119. The van der Waals surface area contributed by atoms with E-state index >= 15 is 0 Å². The molecule has 84 valence electrons.